The Morgan fingerprint density at radius 3 is 2.55 bits per heavy atom. The Morgan fingerprint density at radius 1 is 1.20 bits per heavy atom. The standard InChI is InChI=1S/C17H20N2O/c1-12-6-8-15(9-7-12)13(2)19-17(20)16-5-3-4-14(10-16)11-18/h3-10,13H,11,18H2,1-2H3,(H,19,20). The SMILES string of the molecule is Cc1ccc(C(C)NC(=O)c2cccc(CN)c2)cc1. The predicted octanol–water partition coefficient (Wildman–Crippen LogP) is 2.94. The predicted molar refractivity (Wildman–Crippen MR) is 81.4 cm³/mol. The van der Waals surface area contributed by atoms with Gasteiger partial charge in [-0.3, -0.25) is 4.79 Å². The van der Waals surface area contributed by atoms with Crippen molar-refractivity contribution in [2.24, 2.45) is 5.73 Å². The van der Waals surface area contributed by atoms with Gasteiger partial charge in [0.1, 0.15) is 0 Å². The first-order valence-corrected chi connectivity index (χ1v) is 6.76. The van der Waals surface area contributed by atoms with E-state index in [1.54, 1.807) is 6.07 Å². The van der Waals surface area contributed by atoms with Gasteiger partial charge in [-0.05, 0) is 37.1 Å². The summed E-state index contributed by atoms with van der Waals surface area (Å²) >= 11 is 0. The summed E-state index contributed by atoms with van der Waals surface area (Å²) in [6, 6.07) is 15.6. The summed E-state index contributed by atoms with van der Waals surface area (Å²) < 4.78 is 0. The van der Waals surface area contributed by atoms with Crippen LogP contribution in [0, 0.1) is 6.92 Å². The number of rotatable bonds is 4. The minimum Gasteiger partial charge on any atom is -0.346 e. The van der Waals surface area contributed by atoms with Gasteiger partial charge in [-0.15, -0.1) is 0 Å². The third-order valence-corrected chi connectivity index (χ3v) is 3.35. The molecule has 3 heteroatoms. The van der Waals surface area contributed by atoms with E-state index in [4.69, 9.17) is 5.73 Å². The lowest BCUT2D eigenvalue weighted by molar-refractivity contribution is 0.0940. The molecule has 0 aliphatic carbocycles. The van der Waals surface area contributed by atoms with Crippen molar-refractivity contribution >= 4 is 5.91 Å². The lowest BCUT2D eigenvalue weighted by atomic mass is 10.1. The van der Waals surface area contributed by atoms with E-state index in [9.17, 15) is 4.79 Å². The molecule has 0 aliphatic heterocycles. The molecule has 0 aromatic heterocycles. The number of benzene rings is 2. The number of hydrogen-bond acceptors (Lipinski definition) is 2. The highest BCUT2D eigenvalue weighted by atomic mass is 16.1. The van der Waals surface area contributed by atoms with Gasteiger partial charge >= 0.3 is 0 Å². The fourth-order valence-corrected chi connectivity index (χ4v) is 2.06. The van der Waals surface area contributed by atoms with Crippen molar-refractivity contribution < 1.29 is 4.79 Å². The Labute approximate surface area is 119 Å². The van der Waals surface area contributed by atoms with E-state index < -0.39 is 0 Å². The summed E-state index contributed by atoms with van der Waals surface area (Å²) in [6.45, 7) is 4.47. The van der Waals surface area contributed by atoms with Gasteiger partial charge in [-0.1, -0.05) is 42.0 Å². The molecule has 2 aromatic rings. The maximum Gasteiger partial charge on any atom is 0.251 e. The fourth-order valence-electron chi connectivity index (χ4n) is 2.06. The molecule has 2 rings (SSSR count). The largest absolute Gasteiger partial charge is 0.346 e. The van der Waals surface area contributed by atoms with E-state index >= 15 is 0 Å². The Morgan fingerprint density at radius 2 is 1.90 bits per heavy atom. The van der Waals surface area contributed by atoms with Crippen molar-refractivity contribution in [1.82, 2.24) is 5.32 Å². The number of nitrogens with one attached hydrogen (secondary N) is 1. The molecule has 0 heterocycles. The molecule has 104 valence electrons. The number of carbonyl (C=O) groups excluding carboxylic acids is 1. The third kappa shape index (κ3) is 3.45. The normalized spacial score (nSPS) is 11.9. The van der Waals surface area contributed by atoms with Crippen molar-refractivity contribution in [1.29, 1.82) is 0 Å². The average Bonchev–Trinajstić information content (AvgIpc) is 2.47. The van der Waals surface area contributed by atoms with Gasteiger partial charge in [0.05, 0.1) is 6.04 Å². The molecule has 1 atom stereocenters. The van der Waals surface area contributed by atoms with Crippen LogP contribution in [0.1, 0.15) is 40.0 Å². The zero-order valence-corrected chi connectivity index (χ0v) is 11.9. The van der Waals surface area contributed by atoms with Crippen molar-refractivity contribution in [2.75, 3.05) is 0 Å². The van der Waals surface area contributed by atoms with Crippen LogP contribution < -0.4 is 11.1 Å². The number of amides is 1. The quantitative estimate of drug-likeness (QED) is 0.895. The minimum absolute atomic E-state index is 0.0235. The van der Waals surface area contributed by atoms with Crippen LogP contribution >= 0.6 is 0 Å². The first-order valence-electron chi connectivity index (χ1n) is 6.76. The fraction of sp³-hybridized carbons (Fsp3) is 0.235. The van der Waals surface area contributed by atoms with Gasteiger partial charge in [-0.2, -0.15) is 0 Å². The molecule has 3 nitrogen and oxygen atoms in total. The van der Waals surface area contributed by atoms with Crippen LogP contribution in [0.2, 0.25) is 0 Å². The van der Waals surface area contributed by atoms with Crippen LogP contribution in [0.3, 0.4) is 0 Å². The summed E-state index contributed by atoms with van der Waals surface area (Å²) in [5.41, 5.74) is 9.51. The molecular formula is C17H20N2O. The number of nitrogens with two attached hydrogens (primary N) is 1. The van der Waals surface area contributed by atoms with Gasteiger partial charge in [0.25, 0.3) is 5.91 Å². The first kappa shape index (κ1) is 14.3. The molecule has 1 amide bonds. The Kier molecular flexibility index (Phi) is 4.53. The van der Waals surface area contributed by atoms with Gasteiger partial charge in [0.2, 0.25) is 0 Å². The summed E-state index contributed by atoms with van der Waals surface area (Å²) in [5.74, 6) is -0.0756. The highest BCUT2D eigenvalue weighted by Crippen LogP contribution is 2.14. The molecular weight excluding hydrogens is 248 g/mol. The van der Waals surface area contributed by atoms with Gasteiger partial charge < -0.3 is 11.1 Å². The van der Waals surface area contributed by atoms with Crippen molar-refractivity contribution in [3.8, 4) is 0 Å². The summed E-state index contributed by atoms with van der Waals surface area (Å²) in [6.07, 6.45) is 0. The molecule has 0 saturated heterocycles. The molecule has 0 aliphatic rings. The van der Waals surface area contributed by atoms with Crippen LogP contribution in [0.5, 0.6) is 0 Å². The molecule has 20 heavy (non-hydrogen) atoms. The maximum atomic E-state index is 12.2. The highest BCUT2D eigenvalue weighted by molar-refractivity contribution is 5.94. The highest BCUT2D eigenvalue weighted by Gasteiger charge is 2.11. The van der Waals surface area contributed by atoms with Crippen molar-refractivity contribution in [3.05, 3.63) is 70.8 Å². The monoisotopic (exact) mass is 268 g/mol. The van der Waals surface area contributed by atoms with Crippen LogP contribution in [-0.4, -0.2) is 5.91 Å². The van der Waals surface area contributed by atoms with Crippen molar-refractivity contribution in [2.45, 2.75) is 26.4 Å². The summed E-state index contributed by atoms with van der Waals surface area (Å²) in [7, 11) is 0. The maximum absolute atomic E-state index is 12.2. The molecule has 0 bridgehead atoms. The van der Waals surface area contributed by atoms with Crippen LogP contribution in [0.25, 0.3) is 0 Å². The van der Waals surface area contributed by atoms with E-state index in [0.29, 0.717) is 12.1 Å². The zero-order valence-electron chi connectivity index (χ0n) is 11.9. The topological polar surface area (TPSA) is 55.1 Å². The second-order valence-electron chi connectivity index (χ2n) is 5.01. The molecule has 0 saturated carbocycles. The van der Waals surface area contributed by atoms with Crippen LogP contribution in [0.4, 0.5) is 0 Å². The Bertz CT molecular complexity index is 590. The zero-order chi connectivity index (χ0) is 14.5. The van der Waals surface area contributed by atoms with Crippen LogP contribution in [0.15, 0.2) is 48.5 Å². The van der Waals surface area contributed by atoms with E-state index in [0.717, 1.165) is 11.1 Å². The third-order valence-electron chi connectivity index (χ3n) is 3.35. The van der Waals surface area contributed by atoms with E-state index in [1.165, 1.54) is 5.56 Å². The number of carbonyl (C=O) groups is 1. The smallest absolute Gasteiger partial charge is 0.251 e. The Hall–Kier alpha value is -2.13. The molecule has 3 N–H and O–H groups in total. The number of hydrogen-bond donors (Lipinski definition) is 2. The molecule has 2 aromatic carbocycles. The van der Waals surface area contributed by atoms with Crippen LogP contribution in [-0.2, 0) is 6.54 Å². The summed E-state index contributed by atoms with van der Waals surface area (Å²) in [4.78, 5) is 12.2. The Balaban J connectivity index is 2.08. The molecule has 1 unspecified atom stereocenters. The average molecular weight is 268 g/mol. The van der Waals surface area contributed by atoms with E-state index in [-0.39, 0.29) is 11.9 Å². The van der Waals surface area contributed by atoms with Gasteiger partial charge in [-0.25, -0.2) is 0 Å². The van der Waals surface area contributed by atoms with E-state index in [1.807, 2.05) is 56.3 Å². The van der Waals surface area contributed by atoms with Crippen molar-refractivity contribution in [3.63, 3.8) is 0 Å². The van der Waals surface area contributed by atoms with Gasteiger partial charge in [0, 0.05) is 12.1 Å². The van der Waals surface area contributed by atoms with Gasteiger partial charge in [0.15, 0.2) is 0 Å². The lowest BCUT2D eigenvalue weighted by Gasteiger charge is -2.15. The molecule has 0 fully saturated rings. The second kappa shape index (κ2) is 6.35. The lowest BCUT2D eigenvalue weighted by Crippen LogP contribution is -2.26. The van der Waals surface area contributed by atoms with E-state index in [2.05, 4.69) is 5.32 Å². The first-order chi connectivity index (χ1) is 9.60. The second-order valence-corrected chi connectivity index (χ2v) is 5.01. The summed E-state index contributed by atoms with van der Waals surface area (Å²) in [5, 5.41) is 3.00. The minimum atomic E-state index is -0.0756. The number of aryl methyl sites for hydroxylation is 1. The molecule has 0 spiro atoms. The molecule has 0 radical (unpaired) electrons.